The zero-order valence-corrected chi connectivity index (χ0v) is 11.0. The highest BCUT2D eigenvalue weighted by Gasteiger charge is 2.11. The first kappa shape index (κ1) is 11.9. The molecule has 1 aromatic heterocycles. The van der Waals surface area contributed by atoms with E-state index >= 15 is 0 Å². The molecule has 86 valence electrons. The second-order valence-corrected chi connectivity index (χ2v) is 4.87. The third-order valence-corrected chi connectivity index (χ3v) is 3.53. The number of anilines is 2. The third kappa shape index (κ3) is 2.41. The molecule has 0 saturated carbocycles. The monoisotopic (exact) mass is 263 g/mol. The van der Waals surface area contributed by atoms with E-state index in [0.29, 0.717) is 10.6 Å². The number of hydrogen-bond acceptors (Lipinski definition) is 4. The van der Waals surface area contributed by atoms with Crippen molar-refractivity contribution in [2.45, 2.75) is 13.8 Å². The summed E-state index contributed by atoms with van der Waals surface area (Å²) in [6, 6.07) is 7.86. The second kappa shape index (κ2) is 4.74. The number of aromatic nitrogens is 1. The molecule has 1 N–H and O–H groups in total. The van der Waals surface area contributed by atoms with Gasteiger partial charge in [-0.25, -0.2) is 0 Å². The fourth-order valence-electron chi connectivity index (χ4n) is 1.44. The van der Waals surface area contributed by atoms with Gasteiger partial charge in [-0.1, -0.05) is 17.7 Å². The van der Waals surface area contributed by atoms with Crippen LogP contribution in [0.2, 0.25) is 5.02 Å². The van der Waals surface area contributed by atoms with E-state index in [1.807, 2.05) is 32.0 Å². The van der Waals surface area contributed by atoms with Gasteiger partial charge in [-0.2, -0.15) is 9.64 Å². The lowest BCUT2D eigenvalue weighted by Gasteiger charge is -2.07. The van der Waals surface area contributed by atoms with Gasteiger partial charge in [0.25, 0.3) is 0 Å². The summed E-state index contributed by atoms with van der Waals surface area (Å²) in [4.78, 5) is 0. The van der Waals surface area contributed by atoms with Crippen LogP contribution >= 0.6 is 23.1 Å². The third-order valence-electron chi connectivity index (χ3n) is 2.34. The lowest BCUT2D eigenvalue weighted by atomic mass is 10.2. The minimum atomic E-state index is 0.576. The molecule has 0 aliphatic carbocycles. The maximum absolute atomic E-state index is 9.03. The van der Waals surface area contributed by atoms with Gasteiger partial charge < -0.3 is 5.32 Å². The summed E-state index contributed by atoms with van der Waals surface area (Å²) in [6.07, 6.45) is 0. The highest BCUT2D eigenvalue weighted by atomic mass is 35.5. The maximum atomic E-state index is 9.03. The number of rotatable bonds is 2. The molecule has 2 rings (SSSR count). The summed E-state index contributed by atoms with van der Waals surface area (Å²) < 4.78 is 4.15. The number of benzene rings is 1. The van der Waals surface area contributed by atoms with E-state index in [0.717, 1.165) is 21.9 Å². The van der Waals surface area contributed by atoms with E-state index in [9.17, 15) is 0 Å². The normalized spacial score (nSPS) is 10.0. The first-order chi connectivity index (χ1) is 8.11. The quantitative estimate of drug-likeness (QED) is 0.890. The summed E-state index contributed by atoms with van der Waals surface area (Å²) in [7, 11) is 0. The summed E-state index contributed by atoms with van der Waals surface area (Å²) in [5.41, 5.74) is 3.22. The van der Waals surface area contributed by atoms with Gasteiger partial charge in [-0.3, -0.25) is 0 Å². The molecule has 0 bridgehead atoms. The Bertz CT molecular complexity index is 598. The molecular weight excluding hydrogens is 254 g/mol. The molecule has 17 heavy (non-hydrogen) atoms. The highest BCUT2D eigenvalue weighted by molar-refractivity contribution is 7.10. The summed E-state index contributed by atoms with van der Waals surface area (Å²) in [6.45, 7) is 3.81. The molecule has 0 spiro atoms. The minimum absolute atomic E-state index is 0.576. The van der Waals surface area contributed by atoms with Crippen molar-refractivity contribution in [2.75, 3.05) is 5.32 Å². The average molecular weight is 264 g/mol. The van der Waals surface area contributed by atoms with Crippen molar-refractivity contribution in [1.29, 1.82) is 5.26 Å². The predicted octanol–water partition coefficient (Wildman–Crippen LogP) is 4.03. The number of nitrogens with zero attached hydrogens (tertiary/aromatic N) is 2. The van der Waals surface area contributed by atoms with Crippen molar-refractivity contribution < 1.29 is 0 Å². The van der Waals surface area contributed by atoms with Crippen molar-refractivity contribution in [3.8, 4) is 6.07 Å². The minimum Gasteiger partial charge on any atom is -0.344 e. The lowest BCUT2D eigenvalue weighted by Crippen LogP contribution is -1.92. The highest BCUT2D eigenvalue weighted by Crippen LogP contribution is 2.31. The van der Waals surface area contributed by atoms with Crippen molar-refractivity contribution >= 4 is 33.8 Å². The van der Waals surface area contributed by atoms with Gasteiger partial charge in [0, 0.05) is 0 Å². The van der Waals surface area contributed by atoms with Gasteiger partial charge in [0.1, 0.15) is 16.6 Å². The van der Waals surface area contributed by atoms with Crippen molar-refractivity contribution in [3.05, 3.63) is 40.0 Å². The Balaban J connectivity index is 2.38. The Kier molecular flexibility index (Phi) is 3.32. The number of nitriles is 1. The van der Waals surface area contributed by atoms with Crippen LogP contribution < -0.4 is 5.32 Å². The number of nitrogens with one attached hydrogen (secondary N) is 1. The van der Waals surface area contributed by atoms with Crippen molar-refractivity contribution in [1.82, 2.24) is 4.37 Å². The molecule has 0 atom stereocenters. The molecule has 0 amide bonds. The van der Waals surface area contributed by atoms with Crippen molar-refractivity contribution in [3.63, 3.8) is 0 Å². The van der Waals surface area contributed by atoms with Gasteiger partial charge in [0.2, 0.25) is 0 Å². The van der Waals surface area contributed by atoms with Gasteiger partial charge in [-0.05, 0) is 43.1 Å². The zero-order chi connectivity index (χ0) is 12.4. The molecule has 3 nitrogen and oxygen atoms in total. The molecule has 0 saturated heterocycles. The van der Waals surface area contributed by atoms with Crippen LogP contribution in [0.1, 0.15) is 16.8 Å². The number of hydrogen-bond donors (Lipinski definition) is 1. The molecule has 0 radical (unpaired) electrons. The molecule has 0 aliphatic rings. The number of aryl methyl sites for hydroxylation is 2. The van der Waals surface area contributed by atoms with Crippen LogP contribution in [-0.4, -0.2) is 4.37 Å². The van der Waals surface area contributed by atoms with E-state index in [-0.39, 0.29) is 0 Å². The SMILES string of the molecule is Cc1ccc(Cl)c(Nc2snc(C)c2C#N)c1. The summed E-state index contributed by atoms with van der Waals surface area (Å²) in [5, 5.41) is 13.6. The van der Waals surface area contributed by atoms with Crippen LogP contribution in [0.3, 0.4) is 0 Å². The summed E-state index contributed by atoms with van der Waals surface area (Å²) in [5.74, 6) is 0. The molecule has 5 heteroatoms. The largest absolute Gasteiger partial charge is 0.344 e. The molecule has 0 unspecified atom stereocenters. The summed E-state index contributed by atoms with van der Waals surface area (Å²) >= 11 is 7.36. The first-order valence-corrected chi connectivity index (χ1v) is 6.16. The topological polar surface area (TPSA) is 48.7 Å². The molecule has 1 aromatic carbocycles. The Hall–Kier alpha value is -1.57. The van der Waals surface area contributed by atoms with Crippen LogP contribution in [0.15, 0.2) is 18.2 Å². The van der Waals surface area contributed by atoms with Crippen LogP contribution in [0.5, 0.6) is 0 Å². The van der Waals surface area contributed by atoms with E-state index in [4.69, 9.17) is 16.9 Å². The Labute approximate surface area is 109 Å². The zero-order valence-electron chi connectivity index (χ0n) is 9.41. The van der Waals surface area contributed by atoms with E-state index in [1.54, 1.807) is 0 Å². The van der Waals surface area contributed by atoms with Crippen molar-refractivity contribution in [2.24, 2.45) is 0 Å². The van der Waals surface area contributed by atoms with E-state index in [1.165, 1.54) is 11.5 Å². The standard InChI is InChI=1S/C12H10ClN3S/c1-7-3-4-10(13)11(5-7)15-12-9(6-14)8(2)16-17-12/h3-5,15H,1-2H3. The lowest BCUT2D eigenvalue weighted by molar-refractivity contribution is 1.31. The fraction of sp³-hybridized carbons (Fsp3) is 0.167. The van der Waals surface area contributed by atoms with Gasteiger partial charge >= 0.3 is 0 Å². The smallest absolute Gasteiger partial charge is 0.132 e. The van der Waals surface area contributed by atoms with Crippen LogP contribution in [-0.2, 0) is 0 Å². The maximum Gasteiger partial charge on any atom is 0.132 e. The fourth-order valence-corrected chi connectivity index (χ4v) is 2.37. The Morgan fingerprint density at radius 1 is 1.41 bits per heavy atom. The van der Waals surface area contributed by atoms with Crippen LogP contribution in [0, 0.1) is 25.2 Å². The van der Waals surface area contributed by atoms with Gasteiger partial charge in [-0.15, -0.1) is 0 Å². The molecule has 2 aromatic rings. The molecule has 1 heterocycles. The van der Waals surface area contributed by atoms with Crippen LogP contribution in [0.25, 0.3) is 0 Å². The van der Waals surface area contributed by atoms with E-state index < -0.39 is 0 Å². The first-order valence-electron chi connectivity index (χ1n) is 5.01. The molecular formula is C12H10ClN3S. The predicted molar refractivity (Wildman–Crippen MR) is 71.0 cm³/mol. The second-order valence-electron chi connectivity index (χ2n) is 3.69. The van der Waals surface area contributed by atoms with Gasteiger partial charge in [0.05, 0.1) is 16.4 Å². The number of halogens is 1. The average Bonchev–Trinajstić information content (AvgIpc) is 2.64. The van der Waals surface area contributed by atoms with E-state index in [2.05, 4.69) is 15.8 Å². The molecule has 0 fully saturated rings. The van der Waals surface area contributed by atoms with Gasteiger partial charge in [0.15, 0.2) is 0 Å². The van der Waals surface area contributed by atoms with Crippen LogP contribution in [0.4, 0.5) is 10.7 Å². The Morgan fingerprint density at radius 2 is 2.18 bits per heavy atom. The molecule has 0 aliphatic heterocycles. The Morgan fingerprint density at radius 3 is 2.88 bits per heavy atom.